The lowest BCUT2D eigenvalue weighted by Crippen LogP contribution is -2.17. The molecule has 21 heavy (non-hydrogen) atoms. The van der Waals surface area contributed by atoms with Crippen LogP contribution in [0, 0.1) is 6.92 Å². The molecule has 0 aliphatic rings. The van der Waals surface area contributed by atoms with E-state index in [1.807, 2.05) is 12.1 Å². The largest absolute Gasteiger partial charge is 0.489 e. The predicted molar refractivity (Wildman–Crippen MR) is 91.9 cm³/mol. The van der Waals surface area contributed by atoms with Crippen molar-refractivity contribution in [3.63, 3.8) is 0 Å². The molecule has 2 rings (SSSR count). The Labute approximate surface area is 135 Å². The van der Waals surface area contributed by atoms with Crippen molar-refractivity contribution in [3.8, 4) is 5.75 Å². The fourth-order valence-electron chi connectivity index (χ4n) is 2.21. The highest BCUT2D eigenvalue weighted by Crippen LogP contribution is 2.22. The second-order valence-corrected chi connectivity index (χ2v) is 5.93. The van der Waals surface area contributed by atoms with Gasteiger partial charge in [-0.15, -0.1) is 0 Å². The van der Waals surface area contributed by atoms with Crippen LogP contribution in [0.15, 0.2) is 46.9 Å². The zero-order valence-electron chi connectivity index (χ0n) is 12.7. The van der Waals surface area contributed by atoms with Gasteiger partial charge in [0.2, 0.25) is 0 Å². The Morgan fingerprint density at radius 3 is 2.57 bits per heavy atom. The van der Waals surface area contributed by atoms with Crippen LogP contribution in [-0.2, 0) is 13.0 Å². The minimum atomic E-state index is 0.614. The number of nitrogens with one attached hydrogen (secondary N) is 1. The summed E-state index contributed by atoms with van der Waals surface area (Å²) < 4.78 is 7.05. The molecule has 0 aliphatic carbocycles. The quantitative estimate of drug-likeness (QED) is 0.745. The van der Waals surface area contributed by atoms with E-state index in [0.29, 0.717) is 6.61 Å². The Bertz CT molecular complexity index is 583. The van der Waals surface area contributed by atoms with Crippen LogP contribution in [0.25, 0.3) is 0 Å². The SMILES string of the molecule is CCNCCc1ccccc1COc1ccc(Br)c(C)c1. The van der Waals surface area contributed by atoms with Crippen LogP contribution in [0.1, 0.15) is 23.6 Å². The van der Waals surface area contributed by atoms with E-state index in [4.69, 9.17) is 4.74 Å². The molecule has 0 fully saturated rings. The van der Waals surface area contributed by atoms with Gasteiger partial charge in [0.15, 0.2) is 0 Å². The maximum absolute atomic E-state index is 5.93. The molecule has 0 radical (unpaired) electrons. The third kappa shape index (κ3) is 4.87. The van der Waals surface area contributed by atoms with Gasteiger partial charge < -0.3 is 10.1 Å². The molecule has 0 saturated carbocycles. The molecular formula is C18H22BrNO. The summed E-state index contributed by atoms with van der Waals surface area (Å²) in [6.45, 7) is 6.83. The van der Waals surface area contributed by atoms with Gasteiger partial charge >= 0.3 is 0 Å². The number of ether oxygens (including phenoxy) is 1. The summed E-state index contributed by atoms with van der Waals surface area (Å²) in [6, 6.07) is 14.6. The molecule has 0 saturated heterocycles. The molecular weight excluding hydrogens is 326 g/mol. The van der Waals surface area contributed by atoms with Gasteiger partial charge in [-0.1, -0.05) is 47.1 Å². The first kappa shape index (κ1) is 16.1. The fourth-order valence-corrected chi connectivity index (χ4v) is 2.46. The minimum absolute atomic E-state index is 0.614. The van der Waals surface area contributed by atoms with Gasteiger partial charge in [-0.05, 0) is 61.3 Å². The third-order valence-electron chi connectivity index (χ3n) is 3.46. The Hall–Kier alpha value is -1.32. The summed E-state index contributed by atoms with van der Waals surface area (Å²) in [6.07, 6.45) is 1.03. The smallest absolute Gasteiger partial charge is 0.120 e. The predicted octanol–water partition coefficient (Wildman–Crippen LogP) is 4.49. The Morgan fingerprint density at radius 1 is 1.10 bits per heavy atom. The molecule has 112 valence electrons. The van der Waals surface area contributed by atoms with E-state index in [-0.39, 0.29) is 0 Å². The van der Waals surface area contributed by atoms with Crippen LogP contribution in [0.2, 0.25) is 0 Å². The standard InChI is InChI=1S/C18H22BrNO/c1-3-20-11-10-15-6-4-5-7-16(15)13-21-17-8-9-18(19)14(2)12-17/h4-9,12,20H,3,10-11,13H2,1-2H3. The van der Waals surface area contributed by atoms with Crippen molar-refractivity contribution in [2.24, 2.45) is 0 Å². The van der Waals surface area contributed by atoms with Gasteiger partial charge in [-0.2, -0.15) is 0 Å². The Balaban J connectivity index is 2.00. The van der Waals surface area contributed by atoms with Gasteiger partial charge in [-0.25, -0.2) is 0 Å². The number of rotatable bonds is 7. The highest BCUT2D eigenvalue weighted by molar-refractivity contribution is 9.10. The van der Waals surface area contributed by atoms with Crippen molar-refractivity contribution in [2.75, 3.05) is 13.1 Å². The van der Waals surface area contributed by atoms with Gasteiger partial charge in [0.05, 0.1) is 0 Å². The number of likely N-dealkylation sites (N-methyl/N-ethyl adjacent to an activating group) is 1. The molecule has 0 unspecified atom stereocenters. The van der Waals surface area contributed by atoms with Crippen molar-refractivity contribution in [1.82, 2.24) is 5.32 Å². The highest BCUT2D eigenvalue weighted by Gasteiger charge is 2.04. The number of hydrogen-bond acceptors (Lipinski definition) is 2. The summed E-state index contributed by atoms with van der Waals surface area (Å²) in [5, 5.41) is 3.37. The van der Waals surface area contributed by atoms with Crippen LogP contribution >= 0.6 is 15.9 Å². The van der Waals surface area contributed by atoms with Crippen molar-refractivity contribution in [2.45, 2.75) is 26.9 Å². The lowest BCUT2D eigenvalue weighted by Gasteiger charge is -2.12. The van der Waals surface area contributed by atoms with E-state index >= 15 is 0 Å². The first-order valence-electron chi connectivity index (χ1n) is 7.37. The number of aryl methyl sites for hydroxylation is 1. The van der Waals surface area contributed by atoms with Gasteiger partial charge in [0.1, 0.15) is 12.4 Å². The molecule has 0 bridgehead atoms. The number of hydrogen-bond donors (Lipinski definition) is 1. The Kier molecular flexibility index (Phi) is 6.27. The van der Waals surface area contributed by atoms with E-state index in [2.05, 4.69) is 65.4 Å². The number of benzene rings is 2. The summed E-state index contributed by atoms with van der Waals surface area (Å²) in [5.41, 5.74) is 3.80. The van der Waals surface area contributed by atoms with Gasteiger partial charge in [0, 0.05) is 4.47 Å². The summed E-state index contributed by atoms with van der Waals surface area (Å²) in [4.78, 5) is 0. The normalized spacial score (nSPS) is 10.6. The molecule has 2 aromatic carbocycles. The first-order valence-corrected chi connectivity index (χ1v) is 8.16. The Morgan fingerprint density at radius 2 is 1.86 bits per heavy atom. The van der Waals surface area contributed by atoms with Crippen molar-refractivity contribution >= 4 is 15.9 Å². The highest BCUT2D eigenvalue weighted by atomic mass is 79.9. The maximum atomic E-state index is 5.93. The second kappa shape index (κ2) is 8.20. The van der Waals surface area contributed by atoms with E-state index < -0.39 is 0 Å². The topological polar surface area (TPSA) is 21.3 Å². The molecule has 0 heterocycles. The lowest BCUT2D eigenvalue weighted by atomic mass is 10.1. The third-order valence-corrected chi connectivity index (χ3v) is 4.35. The van der Waals surface area contributed by atoms with E-state index in [9.17, 15) is 0 Å². The van der Waals surface area contributed by atoms with E-state index in [1.165, 1.54) is 16.7 Å². The summed E-state index contributed by atoms with van der Waals surface area (Å²) in [5.74, 6) is 0.914. The van der Waals surface area contributed by atoms with Crippen molar-refractivity contribution in [1.29, 1.82) is 0 Å². The summed E-state index contributed by atoms with van der Waals surface area (Å²) >= 11 is 3.51. The van der Waals surface area contributed by atoms with Crippen LogP contribution < -0.4 is 10.1 Å². The molecule has 0 atom stereocenters. The molecule has 0 amide bonds. The maximum Gasteiger partial charge on any atom is 0.120 e. The van der Waals surface area contributed by atoms with Crippen LogP contribution in [0.4, 0.5) is 0 Å². The fraction of sp³-hybridized carbons (Fsp3) is 0.333. The molecule has 0 aliphatic heterocycles. The van der Waals surface area contributed by atoms with Crippen LogP contribution in [0.5, 0.6) is 5.75 Å². The first-order chi connectivity index (χ1) is 10.2. The molecule has 0 aromatic heterocycles. The molecule has 0 spiro atoms. The second-order valence-electron chi connectivity index (χ2n) is 5.07. The van der Waals surface area contributed by atoms with Crippen LogP contribution in [-0.4, -0.2) is 13.1 Å². The minimum Gasteiger partial charge on any atom is -0.489 e. The van der Waals surface area contributed by atoms with Crippen molar-refractivity contribution < 1.29 is 4.74 Å². The molecule has 2 nitrogen and oxygen atoms in total. The molecule has 3 heteroatoms. The molecule has 1 N–H and O–H groups in total. The van der Waals surface area contributed by atoms with Gasteiger partial charge in [-0.3, -0.25) is 0 Å². The van der Waals surface area contributed by atoms with Crippen molar-refractivity contribution in [3.05, 3.63) is 63.6 Å². The monoisotopic (exact) mass is 347 g/mol. The molecule has 2 aromatic rings. The average Bonchev–Trinajstić information content (AvgIpc) is 2.50. The zero-order chi connectivity index (χ0) is 15.1. The number of halogens is 1. The lowest BCUT2D eigenvalue weighted by molar-refractivity contribution is 0.304. The zero-order valence-corrected chi connectivity index (χ0v) is 14.2. The average molecular weight is 348 g/mol. The van der Waals surface area contributed by atoms with Crippen LogP contribution in [0.3, 0.4) is 0 Å². The van der Waals surface area contributed by atoms with Gasteiger partial charge in [0.25, 0.3) is 0 Å². The van der Waals surface area contributed by atoms with E-state index in [1.54, 1.807) is 0 Å². The summed E-state index contributed by atoms with van der Waals surface area (Å²) in [7, 11) is 0. The van der Waals surface area contributed by atoms with E-state index in [0.717, 1.165) is 29.7 Å².